The number of amides is 1. The summed E-state index contributed by atoms with van der Waals surface area (Å²) in [7, 11) is 3.45. The van der Waals surface area contributed by atoms with Gasteiger partial charge in [0, 0.05) is 35.0 Å². The number of pyridine rings is 1. The molecule has 1 atom stereocenters. The summed E-state index contributed by atoms with van der Waals surface area (Å²) in [5.41, 5.74) is 5.38. The minimum absolute atomic E-state index is 0.0595. The van der Waals surface area contributed by atoms with Crippen molar-refractivity contribution in [3.63, 3.8) is 0 Å². The molecule has 7 heteroatoms. The third-order valence-corrected chi connectivity index (χ3v) is 8.09. The topological polar surface area (TPSA) is 70.5 Å². The van der Waals surface area contributed by atoms with Crippen LogP contribution in [0, 0.1) is 0 Å². The molecule has 0 fully saturated rings. The van der Waals surface area contributed by atoms with Crippen LogP contribution in [-0.2, 0) is 0 Å². The van der Waals surface area contributed by atoms with Crippen LogP contribution in [0.3, 0.4) is 0 Å². The molecule has 0 bridgehead atoms. The van der Waals surface area contributed by atoms with Crippen molar-refractivity contribution in [1.29, 1.82) is 0 Å². The largest absolute Gasteiger partial charge is 0.478 e. The molecule has 5 nitrogen and oxygen atoms in total. The minimum Gasteiger partial charge on any atom is -0.478 e. The summed E-state index contributed by atoms with van der Waals surface area (Å²) < 4.78 is 0. The molecule has 0 aliphatic rings. The van der Waals surface area contributed by atoms with Crippen molar-refractivity contribution in [3.8, 4) is 0 Å². The van der Waals surface area contributed by atoms with E-state index < -0.39 is 5.97 Å². The lowest BCUT2D eigenvalue weighted by atomic mass is 10.00. The monoisotopic (exact) mass is 578 g/mol. The van der Waals surface area contributed by atoms with Crippen molar-refractivity contribution in [1.82, 2.24) is 9.88 Å². The molecule has 41 heavy (non-hydrogen) atoms. The molecule has 5 aromatic rings. The van der Waals surface area contributed by atoms with Gasteiger partial charge in [0.2, 0.25) is 0 Å². The number of thioether (sulfide) groups is 1. The van der Waals surface area contributed by atoms with Crippen LogP contribution in [0.15, 0.2) is 108 Å². The Balaban J connectivity index is 1.47. The lowest BCUT2D eigenvalue weighted by molar-refractivity contribution is 0.0696. The number of carbonyl (C=O) groups is 2. The molecule has 0 saturated carbocycles. The second-order valence-corrected chi connectivity index (χ2v) is 11.3. The van der Waals surface area contributed by atoms with Crippen LogP contribution in [-0.4, -0.2) is 41.0 Å². The molecule has 4 aromatic carbocycles. The summed E-state index contributed by atoms with van der Waals surface area (Å²) in [6.07, 6.45) is 3.98. The fourth-order valence-electron chi connectivity index (χ4n) is 4.44. The van der Waals surface area contributed by atoms with Gasteiger partial charge in [0.25, 0.3) is 5.91 Å². The molecular formula is C34H27ClN2O3S. The van der Waals surface area contributed by atoms with Gasteiger partial charge in [-0.3, -0.25) is 4.79 Å². The fraction of sp³-hybridized carbons (Fsp3) is 0.0882. The molecule has 0 radical (unpaired) electrons. The summed E-state index contributed by atoms with van der Waals surface area (Å²) in [4.78, 5) is 31.3. The van der Waals surface area contributed by atoms with Crippen molar-refractivity contribution in [2.24, 2.45) is 0 Å². The van der Waals surface area contributed by atoms with Gasteiger partial charge in [-0.25, -0.2) is 9.78 Å². The zero-order valence-corrected chi connectivity index (χ0v) is 24.1. The van der Waals surface area contributed by atoms with E-state index in [1.807, 2.05) is 91.0 Å². The molecule has 0 aliphatic carbocycles. The standard InChI is InChI=1S/C34H27ClN2O3S/c1-37(2)33(38)24-12-17-30(18-13-24)41-32(26-7-4-8-27(20-26)34(39)40)25-6-3-5-22(19-25)9-15-29-16-11-23-10-14-28(35)21-31(23)36-29/h3-21,32H,1-2H3,(H,39,40)/b15-9+. The number of hydrogen-bond donors (Lipinski definition) is 1. The summed E-state index contributed by atoms with van der Waals surface area (Å²) in [6.45, 7) is 0. The predicted octanol–water partition coefficient (Wildman–Crippen LogP) is 8.34. The van der Waals surface area contributed by atoms with Crippen molar-refractivity contribution in [3.05, 3.63) is 142 Å². The number of carboxylic acids is 1. The zero-order chi connectivity index (χ0) is 28.9. The zero-order valence-electron chi connectivity index (χ0n) is 22.5. The van der Waals surface area contributed by atoms with Gasteiger partial charge in [0.1, 0.15) is 0 Å². The molecule has 0 saturated heterocycles. The number of benzene rings is 4. The first-order chi connectivity index (χ1) is 19.8. The van der Waals surface area contributed by atoms with E-state index in [1.165, 1.54) is 0 Å². The highest BCUT2D eigenvalue weighted by Crippen LogP contribution is 2.41. The van der Waals surface area contributed by atoms with Crippen LogP contribution in [0.25, 0.3) is 23.1 Å². The van der Waals surface area contributed by atoms with E-state index in [0.29, 0.717) is 10.6 Å². The number of aromatic nitrogens is 1. The average Bonchev–Trinajstić information content (AvgIpc) is 2.98. The Morgan fingerprint density at radius 2 is 1.54 bits per heavy atom. The third kappa shape index (κ3) is 6.85. The number of aromatic carboxylic acids is 1. The lowest BCUT2D eigenvalue weighted by Crippen LogP contribution is -2.21. The Hall–Kier alpha value is -4.39. The maximum absolute atomic E-state index is 12.3. The summed E-state index contributed by atoms with van der Waals surface area (Å²) >= 11 is 7.75. The molecule has 0 spiro atoms. The fourth-order valence-corrected chi connectivity index (χ4v) is 5.74. The smallest absolute Gasteiger partial charge is 0.335 e. The first kappa shape index (κ1) is 28.1. The molecular weight excluding hydrogens is 552 g/mol. The van der Waals surface area contributed by atoms with E-state index in [0.717, 1.165) is 38.2 Å². The molecule has 1 N–H and O–H groups in total. The second kappa shape index (κ2) is 12.4. The van der Waals surface area contributed by atoms with Gasteiger partial charge in [-0.15, -0.1) is 11.8 Å². The van der Waals surface area contributed by atoms with Gasteiger partial charge >= 0.3 is 5.97 Å². The maximum atomic E-state index is 12.3. The number of carbonyl (C=O) groups excluding carboxylic acids is 1. The minimum atomic E-state index is -0.969. The third-order valence-electron chi connectivity index (χ3n) is 6.53. The molecule has 5 rings (SSSR count). The number of halogens is 1. The maximum Gasteiger partial charge on any atom is 0.335 e. The Morgan fingerprint density at radius 3 is 2.27 bits per heavy atom. The number of fused-ring (bicyclic) bond motifs is 1. The Kier molecular flexibility index (Phi) is 8.53. The highest BCUT2D eigenvalue weighted by Gasteiger charge is 2.18. The molecule has 0 aliphatic heterocycles. The van der Waals surface area contributed by atoms with Gasteiger partial charge in [0.05, 0.1) is 22.0 Å². The Morgan fingerprint density at radius 1 is 0.829 bits per heavy atom. The van der Waals surface area contributed by atoms with E-state index in [-0.39, 0.29) is 16.7 Å². The van der Waals surface area contributed by atoms with Crippen LogP contribution < -0.4 is 0 Å². The highest BCUT2D eigenvalue weighted by molar-refractivity contribution is 7.99. The number of hydrogen-bond acceptors (Lipinski definition) is 4. The van der Waals surface area contributed by atoms with E-state index >= 15 is 0 Å². The quantitative estimate of drug-likeness (QED) is 0.187. The summed E-state index contributed by atoms with van der Waals surface area (Å²) in [5.74, 6) is -1.03. The van der Waals surface area contributed by atoms with E-state index in [2.05, 4.69) is 6.07 Å². The SMILES string of the molecule is CN(C)C(=O)c1ccc(SC(c2cccc(/C=C/c3ccc4ccc(Cl)cc4n3)c2)c2cccc(C(=O)O)c2)cc1. The highest BCUT2D eigenvalue weighted by atomic mass is 35.5. The second-order valence-electron chi connectivity index (χ2n) is 9.73. The Bertz CT molecular complexity index is 1770. The van der Waals surface area contributed by atoms with E-state index in [4.69, 9.17) is 16.6 Å². The van der Waals surface area contributed by atoms with Gasteiger partial charge in [-0.05, 0) is 77.4 Å². The normalized spacial score (nSPS) is 12.0. The van der Waals surface area contributed by atoms with Crippen LogP contribution in [0.4, 0.5) is 0 Å². The Labute approximate surface area is 248 Å². The van der Waals surface area contributed by atoms with Crippen molar-refractivity contribution >= 4 is 58.3 Å². The van der Waals surface area contributed by atoms with E-state index in [1.54, 1.807) is 49.0 Å². The predicted molar refractivity (Wildman–Crippen MR) is 168 cm³/mol. The molecule has 204 valence electrons. The summed E-state index contributed by atoms with van der Waals surface area (Å²) in [5, 5.41) is 11.1. The van der Waals surface area contributed by atoms with E-state index in [9.17, 15) is 14.7 Å². The number of rotatable bonds is 8. The summed E-state index contributed by atoms with van der Waals surface area (Å²) in [6, 6.07) is 32.3. The van der Waals surface area contributed by atoms with Gasteiger partial charge in [0.15, 0.2) is 0 Å². The first-order valence-corrected chi connectivity index (χ1v) is 14.2. The molecule has 1 heterocycles. The van der Waals surface area contributed by atoms with Crippen LogP contribution in [0.2, 0.25) is 5.02 Å². The first-order valence-electron chi connectivity index (χ1n) is 12.9. The van der Waals surface area contributed by atoms with Gasteiger partial charge < -0.3 is 10.0 Å². The van der Waals surface area contributed by atoms with Crippen molar-refractivity contribution in [2.45, 2.75) is 10.1 Å². The number of nitrogens with zero attached hydrogens (tertiary/aromatic N) is 2. The molecule has 1 amide bonds. The van der Waals surface area contributed by atoms with Crippen LogP contribution in [0.5, 0.6) is 0 Å². The van der Waals surface area contributed by atoms with Crippen LogP contribution in [0.1, 0.15) is 48.4 Å². The average molecular weight is 579 g/mol. The van der Waals surface area contributed by atoms with Crippen molar-refractivity contribution < 1.29 is 14.7 Å². The molecule has 1 aromatic heterocycles. The number of carboxylic acid groups (broad SMARTS) is 1. The van der Waals surface area contributed by atoms with Crippen LogP contribution >= 0.6 is 23.4 Å². The van der Waals surface area contributed by atoms with Gasteiger partial charge in [-0.2, -0.15) is 0 Å². The molecule has 1 unspecified atom stereocenters. The van der Waals surface area contributed by atoms with Gasteiger partial charge in [-0.1, -0.05) is 66.2 Å². The van der Waals surface area contributed by atoms with Crippen molar-refractivity contribution in [2.75, 3.05) is 14.1 Å². The lowest BCUT2D eigenvalue weighted by Gasteiger charge is -2.19.